The highest BCUT2D eigenvalue weighted by atomic mass is 35.5. The van der Waals surface area contributed by atoms with Crippen LogP contribution in [-0.2, 0) is 0 Å². The molecule has 0 bridgehead atoms. The lowest BCUT2D eigenvalue weighted by atomic mass is 10.1. The predicted molar refractivity (Wildman–Crippen MR) is 104 cm³/mol. The van der Waals surface area contributed by atoms with Crippen molar-refractivity contribution in [1.29, 1.82) is 0 Å². The van der Waals surface area contributed by atoms with Gasteiger partial charge in [-0.3, -0.25) is 4.79 Å². The van der Waals surface area contributed by atoms with E-state index in [1.807, 2.05) is 6.07 Å². The van der Waals surface area contributed by atoms with Crippen LogP contribution in [0.25, 0.3) is 10.9 Å². The quantitative estimate of drug-likeness (QED) is 0.720. The second-order valence-corrected chi connectivity index (χ2v) is 6.87. The number of hydrogen-bond acceptors (Lipinski definition) is 5. The third-order valence-corrected chi connectivity index (χ3v) is 5.02. The Morgan fingerprint density at radius 3 is 2.93 bits per heavy atom. The van der Waals surface area contributed by atoms with Crippen LogP contribution in [0.1, 0.15) is 16.8 Å². The molecule has 1 saturated heterocycles. The third-order valence-electron chi connectivity index (χ3n) is 4.73. The minimum atomic E-state index is -0.523. The summed E-state index contributed by atoms with van der Waals surface area (Å²) in [7, 11) is 0. The maximum Gasteiger partial charge on any atom is 0.250 e. The molecule has 8 heteroatoms. The number of benzene rings is 2. The molecule has 3 N–H and O–H groups in total. The first-order valence-corrected chi connectivity index (χ1v) is 8.91. The van der Waals surface area contributed by atoms with Gasteiger partial charge < -0.3 is 16.0 Å². The summed E-state index contributed by atoms with van der Waals surface area (Å²) in [5.74, 6) is -0.287. The van der Waals surface area contributed by atoms with E-state index in [2.05, 4.69) is 20.2 Å². The first kappa shape index (κ1) is 17.5. The van der Waals surface area contributed by atoms with Crippen molar-refractivity contribution in [3.8, 4) is 0 Å². The Morgan fingerprint density at radius 2 is 2.15 bits per heavy atom. The van der Waals surface area contributed by atoms with E-state index in [-0.39, 0.29) is 11.1 Å². The number of nitrogens with two attached hydrogens (primary N) is 1. The average molecular weight is 386 g/mol. The van der Waals surface area contributed by atoms with Crippen molar-refractivity contribution >= 4 is 39.9 Å². The van der Waals surface area contributed by atoms with Gasteiger partial charge in [-0.05, 0) is 36.8 Å². The number of aromatic nitrogens is 2. The molecular weight excluding hydrogens is 369 g/mol. The second-order valence-electron chi connectivity index (χ2n) is 6.46. The number of carbonyl (C=O) groups excluding carboxylic acids is 1. The Kier molecular flexibility index (Phi) is 4.53. The predicted octanol–water partition coefficient (Wildman–Crippen LogP) is 3.21. The fourth-order valence-electron chi connectivity index (χ4n) is 3.39. The number of para-hydroxylation sites is 1. The number of anilines is 2. The maximum atomic E-state index is 13.4. The SMILES string of the molecule is NC(=O)c1cccc2c(NC3CCN(c4ccc(F)c(Cl)c4)C3)ncnc12. The van der Waals surface area contributed by atoms with E-state index in [4.69, 9.17) is 17.3 Å². The molecule has 2 heterocycles. The number of nitrogens with one attached hydrogen (secondary N) is 1. The van der Waals surface area contributed by atoms with Crippen molar-refractivity contribution in [2.24, 2.45) is 5.73 Å². The minimum Gasteiger partial charge on any atom is -0.369 e. The molecule has 1 amide bonds. The van der Waals surface area contributed by atoms with Gasteiger partial charge in [0.2, 0.25) is 0 Å². The highest BCUT2D eigenvalue weighted by molar-refractivity contribution is 6.31. The summed E-state index contributed by atoms with van der Waals surface area (Å²) in [5.41, 5.74) is 7.22. The maximum absolute atomic E-state index is 13.4. The van der Waals surface area contributed by atoms with E-state index in [1.54, 1.807) is 24.3 Å². The van der Waals surface area contributed by atoms with Crippen LogP contribution < -0.4 is 16.0 Å². The number of fused-ring (bicyclic) bond motifs is 1. The fourth-order valence-corrected chi connectivity index (χ4v) is 3.56. The molecule has 6 nitrogen and oxygen atoms in total. The molecular formula is C19H17ClFN5O. The molecule has 1 aliphatic heterocycles. The highest BCUT2D eigenvalue weighted by Gasteiger charge is 2.24. The minimum absolute atomic E-state index is 0.115. The topological polar surface area (TPSA) is 84.1 Å². The van der Waals surface area contributed by atoms with Crippen molar-refractivity contribution in [3.05, 3.63) is 59.1 Å². The summed E-state index contributed by atoms with van der Waals surface area (Å²) in [6.45, 7) is 1.54. The highest BCUT2D eigenvalue weighted by Crippen LogP contribution is 2.28. The molecule has 4 rings (SSSR count). The molecule has 1 aromatic heterocycles. The summed E-state index contributed by atoms with van der Waals surface area (Å²) in [6, 6.07) is 10.2. The normalized spacial score (nSPS) is 16.7. The lowest BCUT2D eigenvalue weighted by Gasteiger charge is -2.20. The Hall–Kier alpha value is -2.93. The molecule has 0 saturated carbocycles. The third kappa shape index (κ3) is 3.38. The molecule has 27 heavy (non-hydrogen) atoms. The van der Waals surface area contributed by atoms with Crippen LogP contribution >= 0.6 is 11.6 Å². The molecule has 2 aromatic carbocycles. The van der Waals surface area contributed by atoms with Crippen molar-refractivity contribution in [3.63, 3.8) is 0 Å². The molecule has 1 unspecified atom stereocenters. The first-order chi connectivity index (χ1) is 13.0. The molecule has 138 valence electrons. The van der Waals surface area contributed by atoms with E-state index in [0.29, 0.717) is 16.9 Å². The zero-order valence-corrected chi connectivity index (χ0v) is 15.1. The first-order valence-electron chi connectivity index (χ1n) is 8.53. The number of nitrogens with zero attached hydrogens (tertiary/aromatic N) is 3. The van der Waals surface area contributed by atoms with Gasteiger partial charge in [0.25, 0.3) is 5.91 Å². The van der Waals surface area contributed by atoms with E-state index in [1.165, 1.54) is 12.4 Å². The lowest BCUT2D eigenvalue weighted by molar-refractivity contribution is 0.100. The zero-order chi connectivity index (χ0) is 19.0. The van der Waals surface area contributed by atoms with E-state index in [9.17, 15) is 9.18 Å². The molecule has 0 spiro atoms. The van der Waals surface area contributed by atoms with Gasteiger partial charge in [0, 0.05) is 30.2 Å². The van der Waals surface area contributed by atoms with Crippen LogP contribution in [0.3, 0.4) is 0 Å². The van der Waals surface area contributed by atoms with Crippen molar-refractivity contribution in [1.82, 2.24) is 9.97 Å². The smallest absolute Gasteiger partial charge is 0.250 e. The molecule has 1 aliphatic rings. The van der Waals surface area contributed by atoms with Gasteiger partial charge in [-0.25, -0.2) is 14.4 Å². The number of carbonyl (C=O) groups is 1. The zero-order valence-electron chi connectivity index (χ0n) is 14.3. The lowest BCUT2D eigenvalue weighted by Crippen LogP contribution is -2.26. The number of hydrogen-bond donors (Lipinski definition) is 2. The Morgan fingerprint density at radius 1 is 1.30 bits per heavy atom. The second kappa shape index (κ2) is 7.00. The molecule has 1 fully saturated rings. The monoisotopic (exact) mass is 385 g/mol. The van der Waals surface area contributed by atoms with Gasteiger partial charge in [-0.2, -0.15) is 0 Å². The van der Waals surface area contributed by atoms with Gasteiger partial charge in [-0.15, -0.1) is 0 Å². The van der Waals surface area contributed by atoms with Crippen LogP contribution in [0.15, 0.2) is 42.7 Å². The van der Waals surface area contributed by atoms with Gasteiger partial charge in [-0.1, -0.05) is 17.7 Å². The van der Waals surface area contributed by atoms with Crippen molar-refractivity contribution in [2.45, 2.75) is 12.5 Å². The van der Waals surface area contributed by atoms with Gasteiger partial charge in [0.15, 0.2) is 0 Å². The Balaban J connectivity index is 1.56. The number of rotatable bonds is 4. The molecule has 0 radical (unpaired) electrons. The van der Waals surface area contributed by atoms with Crippen LogP contribution in [-0.4, -0.2) is 35.0 Å². The molecule has 1 atom stereocenters. The van der Waals surface area contributed by atoms with Crippen molar-refractivity contribution in [2.75, 3.05) is 23.3 Å². The number of halogens is 2. The number of primary amides is 1. The summed E-state index contributed by atoms with van der Waals surface area (Å²) in [5, 5.41) is 4.29. The van der Waals surface area contributed by atoms with Gasteiger partial charge in [0.1, 0.15) is 18.0 Å². The average Bonchev–Trinajstić information content (AvgIpc) is 3.12. The fraction of sp³-hybridized carbons (Fsp3) is 0.211. The Labute approximate surface area is 160 Å². The Bertz CT molecular complexity index is 1030. The van der Waals surface area contributed by atoms with E-state index in [0.717, 1.165) is 30.6 Å². The summed E-state index contributed by atoms with van der Waals surface area (Å²) in [6.07, 6.45) is 2.31. The summed E-state index contributed by atoms with van der Waals surface area (Å²) < 4.78 is 13.4. The molecule has 0 aliphatic carbocycles. The molecule has 3 aromatic rings. The van der Waals surface area contributed by atoms with Gasteiger partial charge >= 0.3 is 0 Å². The van der Waals surface area contributed by atoms with Crippen molar-refractivity contribution < 1.29 is 9.18 Å². The standard InChI is InChI=1S/C19H17ClFN5O/c20-15-8-12(4-5-16(15)21)26-7-6-11(9-26)25-19-14-3-1-2-13(18(22)27)17(14)23-10-24-19/h1-5,8,10-11H,6-7,9H2,(H2,22,27)(H,23,24,25). The van der Waals surface area contributed by atoms with Gasteiger partial charge in [0.05, 0.1) is 16.1 Å². The number of amides is 1. The van der Waals surface area contributed by atoms with E-state index >= 15 is 0 Å². The van der Waals surface area contributed by atoms with Crippen LogP contribution in [0.4, 0.5) is 15.9 Å². The van der Waals surface area contributed by atoms with E-state index < -0.39 is 11.7 Å². The summed E-state index contributed by atoms with van der Waals surface area (Å²) >= 11 is 5.89. The largest absolute Gasteiger partial charge is 0.369 e. The van der Waals surface area contributed by atoms with Crippen LogP contribution in [0.2, 0.25) is 5.02 Å². The summed E-state index contributed by atoms with van der Waals surface area (Å²) in [4.78, 5) is 22.3. The van der Waals surface area contributed by atoms with Crippen LogP contribution in [0, 0.1) is 5.82 Å². The van der Waals surface area contributed by atoms with Crippen LogP contribution in [0.5, 0.6) is 0 Å².